The summed E-state index contributed by atoms with van der Waals surface area (Å²) < 4.78 is 0. The second kappa shape index (κ2) is 6.90. The summed E-state index contributed by atoms with van der Waals surface area (Å²) >= 11 is 0. The first-order valence-corrected chi connectivity index (χ1v) is 5.95. The Bertz CT molecular complexity index is 191. The third-order valence-electron chi connectivity index (χ3n) is 3.34. The maximum Gasteiger partial charge on any atom is 0.0245 e. The minimum absolute atomic E-state index is 0.626. The van der Waals surface area contributed by atoms with Crippen molar-refractivity contribution >= 4 is 0 Å². The summed E-state index contributed by atoms with van der Waals surface area (Å²) in [5, 5.41) is 3.43. The fourth-order valence-corrected chi connectivity index (χ4v) is 2.43. The fraction of sp³-hybridized carbons (Fsp3) is 0.846. The van der Waals surface area contributed by atoms with E-state index in [1.165, 1.54) is 38.5 Å². The third kappa shape index (κ3) is 3.72. The predicted molar refractivity (Wildman–Crippen MR) is 62.1 cm³/mol. The molecular formula is C13H23N. The van der Waals surface area contributed by atoms with Crippen LogP contribution in [0.4, 0.5) is 0 Å². The normalized spacial score (nSPS) is 20.7. The van der Waals surface area contributed by atoms with E-state index in [1.807, 2.05) is 6.92 Å². The van der Waals surface area contributed by atoms with Crippen molar-refractivity contribution < 1.29 is 0 Å². The van der Waals surface area contributed by atoms with Gasteiger partial charge in [0.15, 0.2) is 0 Å². The molecule has 1 saturated carbocycles. The van der Waals surface area contributed by atoms with Crippen molar-refractivity contribution in [2.75, 3.05) is 7.05 Å². The number of hydrogen-bond acceptors (Lipinski definition) is 1. The van der Waals surface area contributed by atoms with Crippen molar-refractivity contribution in [2.24, 2.45) is 5.92 Å². The molecule has 1 nitrogen and oxygen atoms in total. The first kappa shape index (κ1) is 11.6. The van der Waals surface area contributed by atoms with Gasteiger partial charge < -0.3 is 5.32 Å². The average Bonchev–Trinajstić information content (AvgIpc) is 2.48. The monoisotopic (exact) mass is 193 g/mol. The summed E-state index contributed by atoms with van der Waals surface area (Å²) in [6, 6.07) is 0.626. The maximum atomic E-state index is 3.43. The van der Waals surface area contributed by atoms with Gasteiger partial charge in [0.05, 0.1) is 0 Å². The first-order valence-electron chi connectivity index (χ1n) is 5.95. The Morgan fingerprint density at radius 3 is 2.36 bits per heavy atom. The van der Waals surface area contributed by atoms with Gasteiger partial charge in [0.25, 0.3) is 0 Å². The lowest BCUT2D eigenvalue weighted by Gasteiger charge is -2.23. The Morgan fingerprint density at radius 2 is 1.86 bits per heavy atom. The van der Waals surface area contributed by atoms with E-state index < -0.39 is 0 Å². The van der Waals surface area contributed by atoms with Crippen molar-refractivity contribution in [1.82, 2.24) is 5.32 Å². The van der Waals surface area contributed by atoms with Crippen LogP contribution in [0.25, 0.3) is 0 Å². The Balaban J connectivity index is 2.42. The highest BCUT2D eigenvalue weighted by Gasteiger charge is 2.20. The summed E-state index contributed by atoms with van der Waals surface area (Å²) in [5.41, 5.74) is 0. The van der Waals surface area contributed by atoms with Crippen LogP contribution in [0.15, 0.2) is 0 Å². The molecule has 80 valence electrons. The van der Waals surface area contributed by atoms with E-state index in [0.29, 0.717) is 6.04 Å². The highest BCUT2D eigenvalue weighted by molar-refractivity contribution is 4.99. The number of hydrogen-bond donors (Lipinski definition) is 1. The molecule has 0 amide bonds. The van der Waals surface area contributed by atoms with Crippen LogP contribution in [-0.2, 0) is 0 Å². The molecule has 1 heteroatoms. The molecule has 0 aromatic heterocycles. The smallest absolute Gasteiger partial charge is 0.0245 e. The molecule has 0 radical (unpaired) electrons. The topological polar surface area (TPSA) is 12.0 Å². The van der Waals surface area contributed by atoms with Crippen molar-refractivity contribution in [1.29, 1.82) is 0 Å². The minimum atomic E-state index is 0.626. The zero-order valence-corrected chi connectivity index (χ0v) is 9.60. The molecule has 1 unspecified atom stereocenters. The van der Waals surface area contributed by atoms with E-state index in [0.717, 1.165) is 12.3 Å². The average molecular weight is 193 g/mol. The summed E-state index contributed by atoms with van der Waals surface area (Å²) in [7, 11) is 2.08. The Labute approximate surface area is 88.7 Å². The minimum Gasteiger partial charge on any atom is -0.316 e. The third-order valence-corrected chi connectivity index (χ3v) is 3.34. The lowest BCUT2D eigenvalue weighted by Crippen LogP contribution is -2.33. The molecule has 1 aliphatic rings. The van der Waals surface area contributed by atoms with Crippen molar-refractivity contribution in [3.8, 4) is 11.8 Å². The molecule has 1 N–H and O–H groups in total. The van der Waals surface area contributed by atoms with Crippen LogP contribution in [0.2, 0.25) is 0 Å². The molecule has 0 aromatic rings. The van der Waals surface area contributed by atoms with Gasteiger partial charge in [-0.3, -0.25) is 0 Å². The summed E-state index contributed by atoms with van der Waals surface area (Å²) in [6.07, 6.45) is 9.54. The van der Waals surface area contributed by atoms with Gasteiger partial charge in [0.2, 0.25) is 0 Å². The standard InChI is InChI=1S/C13H23N/c1-3-4-11-13(14-2)12-9-7-5-6-8-10-12/h12-14H,5-11H2,1-2H3. The predicted octanol–water partition coefficient (Wildman–Crippen LogP) is 2.96. The lowest BCUT2D eigenvalue weighted by molar-refractivity contribution is 0.339. The Hall–Kier alpha value is -0.480. The molecule has 0 aromatic carbocycles. The molecule has 14 heavy (non-hydrogen) atoms. The van der Waals surface area contributed by atoms with Gasteiger partial charge >= 0.3 is 0 Å². The van der Waals surface area contributed by atoms with Crippen molar-refractivity contribution in [3.63, 3.8) is 0 Å². The van der Waals surface area contributed by atoms with E-state index in [2.05, 4.69) is 24.2 Å². The van der Waals surface area contributed by atoms with E-state index in [-0.39, 0.29) is 0 Å². The van der Waals surface area contributed by atoms with Crippen LogP contribution in [0.1, 0.15) is 51.9 Å². The van der Waals surface area contributed by atoms with Gasteiger partial charge in [0.1, 0.15) is 0 Å². The SMILES string of the molecule is CC#CCC(NC)C1CCCCCC1. The summed E-state index contributed by atoms with van der Waals surface area (Å²) in [6.45, 7) is 1.93. The van der Waals surface area contributed by atoms with Gasteiger partial charge in [-0.1, -0.05) is 25.7 Å². The Morgan fingerprint density at radius 1 is 1.21 bits per heavy atom. The second-order valence-corrected chi connectivity index (χ2v) is 4.28. The molecule has 0 aliphatic heterocycles. The molecule has 1 aliphatic carbocycles. The highest BCUT2D eigenvalue weighted by Crippen LogP contribution is 2.26. The van der Waals surface area contributed by atoms with E-state index >= 15 is 0 Å². The van der Waals surface area contributed by atoms with Gasteiger partial charge in [0, 0.05) is 12.5 Å². The zero-order chi connectivity index (χ0) is 10.2. The van der Waals surface area contributed by atoms with Gasteiger partial charge in [-0.05, 0) is 32.7 Å². The van der Waals surface area contributed by atoms with Gasteiger partial charge in [-0.15, -0.1) is 11.8 Å². The van der Waals surface area contributed by atoms with Gasteiger partial charge in [-0.2, -0.15) is 0 Å². The molecule has 1 fully saturated rings. The zero-order valence-electron chi connectivity index (χ0n) is 9.60. The molecule has 0 heterocycles. The quantitative estimate of drug-likeness (QED) is 0.537. The summed E-state index contributed by atoms with van der Waals surface area (Å²) in [4.78, 5) is 0. The van der Waals surface area contributed by atoms with Crippen molar-refractivity contribution in [2.45, 2.75) is 57.9 Å². The molecule has 0 spiro atoms. The molecular weight excluding hydrogens is 170 g/mol. The van der Waals surface area contributed by atoms with Crippen molar-refractivity contribution in [3.05, 3.63) is 0 Å². The van der Waals surface area contributed by atoms with E-state index in [4.69, 9.17) is 0 Å². The first-order chi connectivity index (χ1) is 6.88. The molecule has 0 bridgehead atoms. The molecule has 1 atom stereocenters. The highest BCUT2D eigenvalue weighted by atomic mass is 14.9. The van der Waals surface area contributed by atoms with Crippen LogP contribution < -0.4 is 5.32 Å². The van der Waals surface area contributed by atoms with Crippen LogP contribution in [0, 0.1) is 17.8 Å². The van der Waals surface area contributed by atoms with E-state index in [1.54, 1.807) is 0 Å². The molecule has 1 rings (SSSR count). The van der Waals surface area contributed by atoms with Crippen LogP contribution >= 0.6 is 0 Å². The lowest BCUT2D eigenvalue weighted by atomic mass is 9.90. The van der Waals surface area contributed by atoms with Gasteiger partial charge in [-0.25, -0.2) is 0 Å². The fourth-order valence-electron chi connectivity index (χ4n) is 2.43. The number of rotatable bonds is 3. The van der Waals surface area contributed by atoms with Crippen LogP contribution in [-0.4, -0.2) is 13.1 Å². The maximum absolute atomic E-state index is 3.43. The largest absolute Gasteiger partial charge is 0.316 e. The Kier molecular flexibility index (Phi) is 5.71. The van der Waals surface area contributed by atoms with E-state index in [9.17, 15) is 0 Å². The van der Waals surface area contributed by atoms with Crippen LogP contribution in [0.3, 0.4) is 0 Å². The summed E-state index contributed by atoms with van der Waals surface area (Å²) in [5.74, 6) is 7.07. The second-order valence-electron chi connectivity index (χ2n) is 4.28. The molecule has 0 saturated heterocycles. The van der Waals surface area contributed by atoms with Crippen LogP contribution in [0.5, 0.6) is 0 Å². The number of nitrogens with one attached hydrogen (secondary N) is 1.